The number of fused-ring (bicyclic) bond motifs is 1. The largest absolute Gasteiger partial charge is 0.482 e. The maximum Gasteiger partial charge on any atom is 0.482 e. The van der Waals surface area contributed by atoms with Crippen LogP contribution in [-0.2, 0) is 9.53 Å². The van der Waals surface area contributed by atoms with Crippen molar-refractivity contribution < 1.29 is 23.0 Å². The van der Waals surface area contributed by atoms with E-state index in [4.69, 9.17) is 10.5 Å². The maximum absolute atomic E-state index is 13.5. The van der Waals surface area contributed by atoms with Crippen LogP contribution in [0.2, 0.25) is 0 Å². The Balaban J connectivity index is 2.33. The molecule has 0 bridgehead atoms. The molecule has 1 aromatic carbocycles. The molecule has 1 amide bonds. The highest BCUT2D eigenvalue weighted by molar-refractivity contribution is 6.01. The van der Waals surface area contributed by atoms with E-state index >= 15 is 0 Å². The van der Waals surface area contributed by atoms with Gasteiger partial charge in [-0.2, -0.15) is 8.78 Å². The third kappa shape index (κ3) is 2.60. The van der Waals surface area contributed by atoms with Gasteiger partial charge in [-0.1, -0.05) is 0 Å². The second kappa shape index (κ2) is 5.00. The zero-order valence-electron chi connectivity index (χ0n) is 10.4. The van der Waals surface area contributed by atoms with Gasteiger partial charge in [0.15, 0.2) is 5.75 Å². The summed E-state index contributed by atoms with van der Waals surface area (Å²) in [6.45, 7) is 0.482. The van der Waals surface area contributed by atoms with Crippen LogP contribution in [0.4, 0.5) is 20.2 Å². The fourth-order valence-corrected chi connectivity index (χ4v) is 1.87. The van der Waals surface area contributed by atoms with Crippen molar-refractivity contribution in [1.29, 1.82) is 0 Å². The van der Waals surface area contributed by atoms with E-state index in [1.807, 2.05) is 0 Å². The lowest BCUT2D eigenvalue weighted by atomic mass is 10.2. The molecule has 104 valence electrons. The molecule has 0 saturated carbocycles. The number of carbonyl (C=O) groups excluding carboxylic acids is 1. The van der Waals surface area contributed by atoms with E-state index in [0.29, 0.717) is 18.7 Å². The first kappa shape index (κ1) is 13.5. The Kier molecular flexibility index (Phi) is 3.57. The molecule has 1 aliphatic heterocycles. The third-order valence-electron chi connectivity index (χ3n) is 2.74. The number of rotatable bonds is 4. The molecule has 1 aromatic rings. The number of hydrogen-bond donors (Lipinski definition) is 1. The molecule has 0 unspecified atom stereocenters. The molecule has 0 aromatic heterocycles. The molecule has 0 saturated heterocycles. The molecule has 1 aliphatic rings. The lowest BCUT2D eigenvalue weighted by molar-refractivity contribution is -0.192. The Bertz CT molecular complexity index is 494. The van der Waals surface area contributed by atoms with Crippen molar-refractivity contribution in [1.82, 2.24) is 0 Å². The van der Waals surface area contributed by atoms with Crippen molar-refractivity contribution in [3.8, 4) is 5.75 Å². The average molecular weight is 272 g/mol. The van der Waals surface area contributed by atoms with Crippen molar-refractivity contribution in [3.63, 3.8) is 0 Å². The number of halogens is 2. The highest BCUT2D eigenvalue weighted by atomic mass is 19.3. The molecule has 0 fully saturated rings. The molecule has 0 atom stereocenters. The van der Waals surface area contributed by atoms with Crippen molar-refractivity contribution >= 4 is 17.3 Å². The quantitative estimate of drug-likeness (QED) is 0.668. The van der Waals surface area contributed by atoms with E-state index < -0.39 is 12.0 Å². The lowest BCUT2D eigenvalue weighted by Gasteiger charge is -2.33. The number of ether oxygens (including phenoxy) is 2. The summed E-state index contributed by atoms with van der Waals surface area (Å²) in [5.74, 6) is -1.45. The van der Waals surface area contributed by atoms with E-state index in [1.54, 1.807) is 0 Å². The number of anilines is 2. The third-order valence-corrected chi connectivity index (χ3v) is 2.74. The predicted molar refractivity (Wildman–Crippen MR) is 65.3 cm³/mol. The Morgan fingerprint density at radius 3 is 2.89 bits per heavy atom. The van der Waals surface area contributed by atoms with Gasteiger partial charge in [-0.05, 0) is 24.6 Å². The number of nitrogens with two attached hydrogens (primary N) is 1. The van der Waals surface area contributed by atoms with Gasteiger partial charge < -0.3 is 20.1 Å². The summed E-state index contributed by atoms with van der Waals surface area (Å²) < 4.78 is 36.2. The van der Waals surface area contributed by atoms with E-state index in [2.05, 4.69) is 4.74 Å². The van der Waals surface area contributed by atoms with Gasteiger partial charge in [0, 0.05) is 25.9 Å². The van der Waals surface area contributed by atoms with Gasteiger partial charge >= 0.3 is 12.0 Å². The van der Waals surface area contributed by atoms with Crippen LogP contribution in [0.3, 0.4) is 0 Å². The molecule has 0 aliphatic carbocycles. The van der Waals surface area contributed by atoms with Gasteiger partial charge in [0.05, 0.1) is 5.69 Å². The number of nitrogen functional groups attached to an aromatic ring is 1. The number of amides is 1. The number of carbonyl (C=O) groups is 1. The molecule has 2 N–H and O–H groups in total. The van der Waals surface area contributed by atoms with Crippen LogP contribution in [0, 0.1) is 0 Å². The summed E-state index contributed by atoms with van der Waals surface area (Å²) in [6.07, 6.45) is -3.41. The van der Waals surface area contributed by atoms with Crippen molar-refractivity contribution in [3.05, 3.63) is 18.2 Å². The van der Waals surface area contributed by atoms with E-state index in [1.165, 1.54) is 25.3 Å². The molecule has 7 heteroatoms. The Hall–Kier alpha value is -1.89. The van der Waals surface area contributed by atoms with Crippen LogP contribution in [0.1, 0.15) is 6.42 Å². The summed E-state index contributed by atoms with van der Waals surface area (Å²) in [4.78, 5) is 12.7. The minimum Gasteiger partial charge on any atom is -0.423 e. The first-order valence-electron chi connectivity index (χ1n) is 5.73. The minimum atomic E-state index is -3.85. The van der Waals surface area contributed by atoms with Crippen molar-refractivity contribution in [2.75, 3.05) is 30.9 Å². The highest BCUT2D eigenvalue weighted by Crippen LogP contribution is 2.40. The van der Waals surface area contributed by atoms with Gasteiger partial charge in [-0.15, -0.1) is 0 Å². The molecule has 1 heterocycles. The van der Waals surface area contributed by atoms with E-state index in [9.17, 15) is 13.6 Å². The normalized spacial score (nSPS) is 17.0. The molecule has 0 radical (unpaired) electrons. The number of alkyl halides is 2. The van der Waals surface area contributed by atoms with Gasteiger partial charge in [-0.3, -0.25) is 4.79 Å². The lowest BCUT2D eigenvalue weighted by Crippen LogP contribution is -2.51. The number of methoxy groups -OCH3 is 1. The second-order valence-electron chi connectivity index (χ2n) is 4.15. The van der Waals surface area contributed by atoms with Crippen molar-refractivity contribution in [2.24, 2.45) is 0 Å². The van der Waals surface area contributed by atoms with Gasteiger partial charge in [0.1, 0.15) is 0 Å². The summed E-state index contributed by atoms with van der Waals surface area (Å²) in [5, 5.41) is 0. The van der Waals surface area contributed by atoms with Crippen LogP contribution in [-0.4, -0.2) is 32.3 Å². The number of benzene rings is 1. The smallest absolute Gasteiger partial charge is 0.423 e. The van der Waals surface area contributed by atoms with E-state index in [-0.39, 0.29) is 18.0 Å². The zero-order chi connectivity index (χ0) is 14.0. The summed E-state index contributed by atoms with van der Waals surface area (Å²) >= 11 is 0. The van der Waals surface area contributed by atoms with Crippen molar-refractivity contribution in [2.45, 2.75) is 12.5 Å². The fourth-order valence-electron chi connectivity index (χ4n) is 1.87. The molecule has 19 heavy (non-hydrogen) atoms. The molecule has 2 rings (SSSR count). The monoisotopic (exact) mass is 272 g/mol. The van der Waals surface area contributed by atoms with Crippen LogP contribution >= 0.6 is 0 Å². The minimum absolute atomic E-state index is 0.0591. The second-order valence-corrected chi connectivity index (χ2v) is 4.15. The molecular formula is C12H14F2N2O3. The van der Waals surface area contributed by atoms with Crippen LogP contribution in [0.25, 0.3) is 0 Å². The summed E-state index contributed by atoms with van der Waals surface area (Å²) in [7, 11) is 1.50. The molecule has 5 nitrogen and oxygen atoms in total. The highest BCUT2D eigenvalue weighted by Gasteiger charge is 2.50. The van der Waals surface area contributed by atoms with Crippen LogP contribution in [0.15, 0.2) is 18.2 Å². The fraction of sp³-hybridized carbons (Fsp3) is 0.417. The molecule has 0 spiro atoms. The maximum atomic E-state index is 13.5. The summed E-state index contributed by atoms with van der Waals surface area (Å²) in [6, 6.07) is 4.21. The Morgan fingerprint density at radius 1 is 1.47 bits per heavy atom. The number of nitrogens with zero attached hydrogens (tertiary/aromatic N) is 1. The van der Waals surface area contributed by atoms with E-state index in [0.717, 1.165) is 4.90 Å². The van der Waals surface area contributed by atoms with Crippen LogP contribution in [0.5, 0.6) is 5.75 Å². The average Bonchev–Trinajstić information content (AvgIpc) is 2.35. The first-order chi connectivity index (χ1) is 8.95. The predicted octanol–water partition coefficient (Wildman–Crippen LogP) is 1.62. The Labute approximate surface area is 108 Å². The molecular weight excluding hydrogens is 258 g/mol. The van der Waals surface area contributed by atoms with Gasteiger partial charge in [-0.25, -0.2) is 0 Å². The first-order valence-corrected chi connectivity index (χ1v) is 5.73. The summed E-state index contributed by atoms with van der Waals surface area (Å²) in [5.41, 5.74) is 6.24. The number of hydrogen-bond acceptors (Lipinski definition) is 4. The Morgan fingerprint density at radius 2 is 2.21 bits per heavy atom. The SMILES string of the molecule is COCCCN1C(=O)C(F)(F)Oc2ccc(N)cc21. The van der Waals surface area contributed by atoms with Crippen LogP contribution < -0.4 is 15.4 Å². The zero-order valence-corrected chi connectivity index (χ0v) is 10.4. The van der Waals surface area contributed by atoms with Gasteiger partial charge in [0.25, 0.3) is 0 Å². The topological polar surface area (TPSA) is 64.8 Å². The van der Waals surface area contributed by atoms with Gasteiger partial charge in [0.2, 0.25) is 0 Å². The standard InChI is InChI=1S/C12H14F2N2O3/c1-18-6-2-5-16-9-7-8(15)3-4-10(9)19-12(13,14)11(16)17/h3-4,7H,2,5-6,15H2,1H3.